The summed E-state index contributed by atoms with van der Waals surface area (Å²) >= 11 is 0. The zero-order valence-electron chi connectivity index (χ0n) is 16.0. The molecule has 0 aliphatic rings. The number of pyridine rings is 1. The smallest absolute Gasteiger partial charge is 0.180 e. The molecule has 0 unspecified atom stereocenters. The van der Waals surface area contributed by atoms with Crippen molar-refractivity contribution in [1.29, 1.82) is 0 Å². The Balaban J connectivity index is 2.14. The van der Waals surface area contributed by atoms with Gasteiger partial charge in [0.15, 0.2) is 5.78 Å². The predicted molar refractivity (Wildman–Crippen MR) is 109 cm³/mol. The summed E-state index contributed by atoms with van der Waals surface area (Å²) in [6.07, 6.45) is 3.68. The lowest BCUT2D eigenvalue weighted by Gasteiger charge is -2.17. The van der Waals surface area contributed by atoms with E-state index in [1.54, 1.807) is 43.7 Å². The van der Waals surface area contributed by atoms with E-state index in [0.29, 0.717) is 28.8 Å². The maximum Gasteiger partial charge on any atom is 0.180 e. The maximum atomic E-state index is 14.7. The summed E-state index contributed by atoms with van der Waals surface area (Å²) in [6, 6.07) is 12.2. The third-order valence-electron chi connectivity index (χ3n) is 5.13. The number of rotatable bonds is 4. The molecule has 3 nitrogen and oxygen atoms in total. The number of fused-ring (bicyclic) bond motifs is 1. The first-order valence-corrected chi connectivity index (χ1v) is 9.27. The Morgan fingerprint density at radius 2 is 1.89 bits per heavy atom. The van der Waals surface area contributed by atoms with E-state index in [-0.39, 0.29) is 11.6 Å². The molecule has 0 saturated heterocycles. The largest absolute Gasteiger partial charge is 0.472 e. The fourth-order valence-electron chi connectivity index (χ4n) is 3.83. The van der Waals surface area contributed by atoms with Crippen LogP contribution in [0.4, 0.5) is 4.39 Å². The predicted octanol–water partition coefficient (Wildman–Crippen LogP) is 6.51. The van der Waals surface area contributed by atoms with Gasteiger partial charge in [-0.25, -0.2) is 9.37 Å². The third kappa shape index (κ3) is 2.91. The highest BCUT2D eigenvalue weighted by atomic mass is 19.1. The van der Waals surface area contributed by atoms with Crippen LogP contribution in [0.3, 0.4) is 0 Å². The van der Waals surface area contributed by atoms with Gasteiger partial charge in [-0.2, -0.15) is 0 Å². The number of halogens is 1. The van der Waals surface area contributed by atoms with Crippen molar-refractivity contribution < 1.29 is 13.6 Å². The van der Waals surface area contributed by atoms with Crippen LogP contribution in [0.25, 0.3) is 33.2 Å². The standard InChI is InChI=1S/C24H20FNO2/c1-4-22(27)20-12-18(17-7-5-6-8-19(17)25)24-15(3)23(16-9-10-28-13-16)14(2)11-21(24)26-20/h5-13H,4H2,1-3H3. The molecule has 2 aromatic heterocycles. The Labute approximate surface area is 162 Å². The van der Waals surface area contributed by atoms with Crippen LogP contribution in [0, 0.1) is 19.7 Å². The number of nitrogens with zero attached hydrogens (tertiary/aromatic N) is 1. The monoisotopic (exact) mass is 373 g/mol. The number of ketones is 1. The number of carbonyl (C=O) groups is 1. The molecule has 0 radical (unpaired) electrons. The zero-order chi connectivity index (χ0) is 19.8. The van der Waals surface area contributed by atoms with Gasteiger partial charge in [0.25, 0.3) is 0 Å². The van der Waals surface area contributed by atoms with Crippen LogP contribution in [0.15, 0.2) is 59.4 Å². The molecule has 0 aliphatic carbocycles. The maximum absolute atomic E-state index is 14.7. The Morgan fingerprint density at radius 1 is 1.11 bits per heavy atom. The molecule has 28 heavy (non-hydrogen) atoms. The lowest BCUT2D eigenvalue weighted by molar-refractivity contribution is 0.0984. The molecule has 0 N–H and O–H groups in total. The highest BCUT2D eigenvalue weighted by molar-refractivity contribution is 6.05. The number of hydrogen-bond acceptors (Lipinski definition) is 3. The minimum absolute atomic E-state index is 0.0614. The number of aryl methyl sites for hydroxylation is 2. The van der Waals surface area contributed by atoms with Gasteiger partial charge in [-0.15, -0.1) is 0 Å². The lowest BCUT2D eigenvalue weighted by Crippen LogP contribution is -2.04. The molecule has 4 rings (SSSR count). The quantitative estimate of drug-likeness (QED) is 0.383. The van der Waals surface area contributed by atoms with Crippen molar-refractivity contribution in [2.24, 2.45) is 0 Å². The Kier molecular flexibility index (Phi) is 4.55. The van der Waals surface area contributed by atoms with Crippen LogP contribution in [-0.4, -0.2) is 10.8 Å². The molecule has 0 aliphatic heterocycles. The van der Waals surface area contributed by atoms with Gasteiger partial charge in [0.05, 0.1) is 18.0 Å². The summed E-state index contributed by atoms with van der Waals surface area (Å²) in [4.78, 5) is 17.0. The molecule has 0 saturated carbocycles. The van der Waals surface area contributed by atoms with Gasteiger partial charge in [-0.1, -0.05) is 25.1 Å². The zero-order valence-corrected chi connectivity index (χ0v) is 16.0. The van der Waals surface area contributed by atoms with Gasteiger partial charge in [0.1, 0.15) is 11.5 Å². The van der Waals surface area contributed by atoms with Crippen molar-refractivity contribution in [3.63, 3.8) is 0 Å². The number of benzene rings is 2. The molecule has 4 aromatic rings. The van der Waals surface area contributed by atoms with Crippen LogP contribution in [0.5, 0.6) is 0 Å². The number of aromatic nitrogens is 1. The van der Waals surface area contributed by atoms with E-state index >= 15 is 0 Å². The van der Waals surface area contributed by atoms with Gasteiger partial charge >= 0.3 is 0 Å². The van der Waals surface area contributed by atoms with E-state index < -0.39 is 0 Å². The van der Waals surface area contributed by atoms with E-state index in [1.807, 2.05) is 26.0 Å². The average Bonchev–Trinajstić information content (AvgIpc) is 3.21. The van der Waals surface area contributed by atoms with Crippen molar-refractivity contribution in [3.05, 3.63) is 77.6 Å². The molecule has 0 bridgehead atoms. The SMILES string of the molecule is CCC(=O)c1cc(-c2ccccc2F)c2c(C)c(-c3ccoc3)c(C)cc2n1. The highest BCUT2D eigenvalue weighted by Gasteiger charge is 2.19. The Hall–Kier alpha value is -3.27. The number of carbonyl (C=O) groups excluding carboxylic acids is 1. The molecular weight excluding hydrogens is 353 g/mol. The first-order chi connectivity index (χ1) is 13.5. The van der Waals surface area contributed by atoms with Gasteiger partial charge in [0, 0.05) is 22.9 Å². The van der Waals surface area contributed by atoms with Gasteiger partial charge in [-0.05, 0) is 60.4 Å². The van der Waals surface area contributed by atoms with Gasteiger partial charge in [-0.3, -0.25) is 4.79 Å². The minimum atomic E-state index is -0.324. The summed E-state index contributed by atoms with van der Waals surface area (Å²) in [6.45, 7) is 5.81. The second kappa shape index (κ2) is 7.04. The van der Waals surface area contributed by atoms with Crippen LogP contribution in [-0.2, 0) is 0 Å². The molecule has 4 heteroatoms. The lowest BCUT2D eigenvalue weighted by atomic mass is 9.89. The van der Waals surface area contributed by atoms with Gasteiger partial charge in [0.2, 0.25) is 0 Å². The van der Waals surface area contributed by atoms with Crippen molar-refractivity contribution in [2.45, 2.75) is 27.2 Å². The summed E-state index contributed by atoms with van der Waals surface area (Å²) in [5.41, 5.74) is 6.22. The first kappa shape index (κ1) is 18.1. The highest BCUT2D eigenvalue weighted by Crippen LogP contribution is 2.39. The molecule has 140 valence electrons. The minimum Gasteiger partial charge on any atom is -0.472 e. The van der Waals surface area contributed by atoms with Crippen molar-refractivity contribution in [3.8, 4) is 22.3 Å². The second-order valence-corrected chi connectivity index (χ2v) is 6.91. The Bertz CT molecular complexity index is 1190. The number of Topliss-reactive ketones (excluding diaryl/α,β-unsaturated/α-hetero) is 1. The van der Waals surface area contributed by atoms with E-state index in [9.17, 15) is 9.18 Å². The van der Waals surface area contributed by atoms with E-state index in [4.69, 9.17) is 4.42 Å². The summed E-state index contributed by atoms with van der Waals surface area (Å²) in [5.74, 6) is -0.386. The van der Waals surface area contributed by atoms with Crippen LogP contribution >= 0.6 is 0 Å². The van der Waals surface area contributed by atoms with Crippen molar-refractivity contribution in [1.82, 2.24) is 4.98 Å². The number of furan rings is 1. The molecular formula is C24H20FNO2. The van der Waals surface area contributed by atoms with E-state index in [2.05, 4.69) is 4.98 Å². The van der Waals surface area contributed by atoms with Crippen molar-refractivity contribution >= 4 is 16.7 Å². The molecule has 2 heterocycles. The summed E-state index contributed by atoms with van der Waals surface area (Å²) in [7, 11) is 0. The second-order valence-electron chi connectivity index (χ2n) is 6.91. The van der Waals surface area contributed by atoms with E-state index in [0.717, 1.165) is 27.6 Å². The fourth-order valence-corrected chi connectivity index (χ4v) is 3.83. The normalized spacial score (nSPS) is 11.1. The van der Waals surface area contributed by atoms with E-state index in [1.165, 1.54) is 6.07 Å². The van der Waals surface area contributed by atoms with Crippen LogP contribution in [0.2, 0.25) is 0 Å². The third-order valence-corrected chi connectivity index (χ3v) is 5.13. The van der Waals surface area contributed by atoms with Crippen LogP contribution in [0.1, 0.15) is 35.0 Å². The number of hydrogen-bond donors (Lipinski definition) is 0. The van der Waals surface area contributed by atoms with Crippen molar-refractivity contribution in [2.75, 3.05) is 0 Å². The fraction of sp³-hybridized carbons (Fsp3) is 0.167. The van der Waals surface area contributed by atoms with Crippen LogP contribution < -0.4 is 0 Å². The topological polar surface area (TPSA) is 43.1 Å². The Morgan fingerprint density at radius 3 is 2.57 bits per heavy atom. The first-order valence-electron chi connectivity index (χ1n) is 9.27. The van der Waals surface area contributed by atoms with Gasteiger partial charge < -0.3 is 4.42 Å². The molecule has 0 spiro atoms. The average molecular weight is 373 g/mol. The molecule has 0 atom stereocenters. The molecule has 0 fully saturated rings. The summed E-state index contributed by atoms with van der Waals surface area (Å²) < 4.78 is 20.0. The molecule has 2 aromatic carbocycles. The molecule has 0 amide bonds. The summed E-state index contributed by atoms with van der Waals surface area (Å²) in [5, 5.41) is 0.847.